The molecular weight excluding hydrogens is 416 g/mol. The number of thiophene rings is 2. The summed E-state index contributed by atoms with van der Waals surface area (Å²) in [5.41, 5.74) is 2.32. The molecule has 1 saturated carbocycles. The van der Waals surface area contributed by atoms with Gasteiger partial charge in [-0.25, -0.2) is 5.01 Å². The molecule has 8 heteroatoms. The summed E-state index contributed by atoms with van der Waals surface area (Å²) in [6.07, 6.45) is 5.39. The number of carbonyl (C=O) groups excluding carboxylic acids is 2. The maximum absolute atomic E-state index is 13.3. The van der Waals surface area contributed by atoms with Gasteiger partial charge in [0.05, 0.1) is 24.8 Å². The summed E-state index contributed by atoms with van der Waals surface area (Å²) in [5, 5.41) is 13.6. The van der Waals surface area contributed by atoms with Crippen molar-refractivity contribution < 1.29 is 9.59 Å². The quantitative estimate of drug-likeness (QED) is 0.793. The Morgan fingerprint density at radius 3 is 2.90 bits per heavy atom. The molecule has 0 aromatic carbocycles. The number of allylic oxidation sites excluding steroid dienone is 1. The summed E-state index contributed by atoms with van der Waals surface area (Å²) in [6.45, 7) is 1.78. The van der Waals surface area contributed by atoms with Gasteiger partial charge in [-0.15, -0.1) is 22.7 Å². The van der Waals surface area contributed by atoms with Crippen LogP contribution in [0.3, 0.4) is 0 Å². The van der Waals surface area contributed by atoms with Gasteiger partial charge in [-0.1, -0.05) is 12.1 Å². The second kappa shape index (κ2) is 8.45. The predicted octanol–water partition coefficient (Wildman–Crippen LogP) is 3.36. The highest BCUT2D eigenvalue weighted by Gasteiger charge is 2.44. The van der Waals surface area contributed by atoms with Crippen molar-refractivity contribution in [1.82, 2.24) is 15.2 Å². The van der Waals surface area contributed by atoms with E-state index in [0.29, 0.717) is 13.1 Å². The average Bonchev–Trinajstić information content (AvgIpc) is 3.48. The summed E-state index contributed by atoms with van der Waals surface area (Å²) in [6, 6.07) is 8.30. The average molecular weight is 441 g/mol. The Kier molecular flexibility index (Phi) is 5.54. The van der Waals surface area contributed by atoms with E-state index >= 15 is 0 Å². The van der Waals surface area contributed by atoms with Gasteiger partial charge >= 0.3 is 0 Å². The molecule has 1 aliphatic carbocycles. The number of rotatable bonds is 4. The largest absolute Gasteiger partial charge is 0.354 e. The van der Waals surface area contributed by atoms with Gasteiger partial charge in [0, 0.05) is 28.8 Å². The maximum atomic E-state index is 13.3. The fourth-order valence-corrected chi connectivity index (χ4v) is 6.14. The Hall–Kier alpha value is -2.29. The van der Waals surface area contributed by atoms with E-state index in [1.807, 2.05) is 11.0 Å². The molecule has 2 aliphatic heterocycles. The zero-order chi connectivity index (χ0) is 20.5. The molecule has 0 radical (unpaired) electrons. The highest BCUT2D eigenvalue weighted by Crippen LogP contribution is 2.45. The highest BCUT2D eigenvalue weighted by molar-refractivity contribution is 7.11. The van der Waals surface area contributed by atoms with Crippen molar-refractivity contribution in [1.29, 1.82) is 0 Å². The third-order valence-corrected chi connectivity index (χ3v) is 7.69. The highest BCUT2D eigenvalue weighted by atomic mass is 32.1. The third-order valence-electron chi connectivity index (χ3n) is 5.93. The Morgan fingerprint density at radius 2 is 2.13 bits per heavy atom. The van der Waals surface area contributed by atoms with Crippen molar-refractivity contribution in [3.05, 3.63) is 50.4 Å². The van der Waals surface area contributed by atoms with Gasteiger partial charge in [0.25, 0.3) is 5.91 Å². The zero-order valence-electron chi connectivity index (χ0n) is 16.6. The minimum atomic E-state index is -0.0434. The van der Waals surface area contributed by atoms with Crippen molar-refractivity contribution in [2.75, 3.05) is 26.2 Å². The van der Waals surface area contributed by atoms with Crippen molar-refractivity contribution in [3.63, 3.8) is 0 Å². The second-order valence-corrected chi connectivity index (χ2v) is 9.89. The number of hydrazone groups is 1. The summed E-state index contributed by atoms with van der Waals surface area (Å²) in [7, 11) is 0. The number of amides is 2. The lowest BCUT2D eigenvalue weighted by Gasteiger charge is -2.31. The first kappa shape index (κ1) is 19.7. The van der Waals surface area contributed by atoms with E-state index in [0.717, 1.165) is 25.0 Å². The van der Waals surface area contributed by atoms with Gasteiger partial charge in [0.2, 0.25) is 5.91 Å². The Balaban J connectivity index is 1.45. The summed E-state index contributed by atoms with van der Waals surface area (Å²) in [4.78, 5) is 29.4. The van der Waals surface area contributed by atoms with Gasteiger partial charge in [0.1, 0.15) is 0 Å². The fourth-order valence-electron chi connectivity index (χ4n) is 4.58. The minimum Gasteiger partial charge on any atom is -0.354 e. The maximum Gasteiger partial charge on any atom is 0.257 e. The van der Waals surface area contributed by atoms with Crippen molar-refractivity contribution in [3.8, 4) is 0 Å². The standard InChI is InChI=1S/C22H24N4O2S2/c27-19-13-25(9-8-23-19)14-20(28)26-22(18-7-3-11-30-18)17-6-1-4-15(21(17)24-26)12-16-5-2-10-29-16/h2-3,5,7,10-12,17,22H,1,4,6,8-9,13-14H2,(H,23,27). The molecule has 2 aromatic heterocycles. The van der Waals surface area contributed by atoms with Gasteiger partial charge in [-0.05, 0) is 53.8 Å². The lowest BCUT2D eigenvalue weighted by atomic mass is 9.79. The molecule has 2 fully saturated rings. The SMILES string of the molecule is O=C1CN(CC(=O)N2N=C3C(=Cc4cccs4)CCCC3C2c2cccs2)CCN1. The fraction of sp³-hybridized carbons (Fsp3) is 0.409. The van der Waals surface area contributed by atoms with E-state index in [2.05, 4.69) is 40.4 Å². The van der Waals surface area contributed by atoms with E-state index in [1.54, 1.807) is 27.7 Å². The molecule has 1 saturated heterocycles. The molecule has 1 N–H and O–H groups in total. The zero-order valence-corrected chi connectivity index (χ0v) is 18.3. The van der Waals surface area contributed by atoms with Crippen molar-refractivity contribution in [2.24, 2.45) is 11.0 Å². The van der Waals surface area contributed by atoms with Crippen LogP contribution in [0.4, 0.5) is 0 Å². The molecule has 0 bridgehead atoms. The van der Waals surface area contributed by atoms with E-state index < -0.39 is 0 Å². The normalized spacial score (nSPS) is 25.9. The van der Waals surface area contributed by atoms with Crippen LogP contribution >= 0.6 is 22.7 Å². The van der Waals surface area contributed by atoms with Crippen LogP contribution in [0.25, 0.3) is 6.08 Å². The van der Waals surface area contributed by atoms with Crippen molar-refractivity contribution >= 4 is 46.3 Å². The van der Waals surface area contributed by atoms with E-state index in [1.165, 1.54) is 15.3 Å². The number of hydrogen-bond acceptors (Lipinski definition) is 6. The second-order valence-electron chi connectivity index (χ2n) is 7.93. The molecule has 2 amide bonds. The third kappa shape index (κ3) is 3.87. The molecule has 5 rings (SSSR count). The van der Waals surface area contributed by atoms with Crippen LogP contribution in [0.2, 0.25) is 0 Å². The van der Waals surface area contributed by atoms with Gasteiger partial charge in [0.15, 0.2) is 0 Å². The summed E-state index contributed by atoms with van der Waals surface area (Å²) >= 11 is 3.41. The molecule has 30 heavy (non-hydrogen) atoms. The summed E-state index contributed by atoms with van der Waals surface area (Å²) in [5.74, 6) is 0.184. The molecule has 4 heterocycles. The Labute approximate surface area is 183 Å². The van der Waals surface area contributed by atoms with E-state index in [9.17, 15) is 9.59 Å². The van der Waals surface area contributed by atoms with Crippen LogP contribution in [-0.2, 0) is 9.59 Å². The van der Waals surface area contributed by atoms with Gasteiger partial charge in [-0.2, -0.15) is 5.10 Å². The Morgan fingerprint density at radius 1 is 1.27 bits per heavy atom. The molecule has 2 aromatic rings. The first-order chi connectivity index (χ1) is 14.7. The predicted molar refractivity (Wildman–Crippen MR) is 120 cm³/mol. The first-order valence-corrected chi connectivity index (χ1v) is 12.1. The molecular formula is C22H24N4O2S2. The van der Waals surface area contributed by atoms with Gasteiger partial charge < -0.3 is 5.32 Å². The van der Waals surface area contributed by atoms with E-state index in [4.69, 9.17) is 5.10 Å². The van der Waals surface area contributed by atoms with Crippen molar-refractivity contribution in [2.45, 2.75) is 25.3 Å². The molecule has 156 valence electrons. The van der Waals surface area contributed by atoms with Crippen LogP contribution in [0.15, 0.2) is 45.7 Å². The lowest BCUT2D eigenvalue weighted by Crippen LogP contribution is -2.50. The summed E-state index contributed by atoms with van der Waals surface area (Å²) < 4.78 is 0. The number of piperazine rings is 1. The molecule has 6 nitrogen and oxygen atoms in total. The Bertz CT molecular complexity index is 981. The molecule has 3 aliphatic rings. The van der Waals surface area contributed by atoms with Crippen LogP contribution < -0.4 is 5.32 Å². The van der Waals surface area contributed by atoms with Gasteiger partial charge in [-0.3, -0.25) is 14.5 Å². The van der Waals surface area contributed by atoms with Crippen LogP contribution in [0.1, 0.15) is 35.1 Å². The number of nitrogens with zero attached hydrogens (tertiary/aromatic N) is 3. The van der Waals surface area contributed by atoms with Crippen LogP contribution in [0, 0.1) is 5.92 Å². The van der Waals surface area contributed by atoms with Crippen LogP contribution in [0.5, 0.6) is 0 Å². The number of nitrogens with one attached hydrogen (secondary N) is 1. The topological polar surface area (TPSA) is 65.0 Å². The molecule has 2 atom stereocenters. The lowest BCUT2D eigenvalue weighted by molar-refractivity contribution is -0.136. The number of hydrogen-bond donors (Lipinski definition) is 1. The molecule has 2 unspecified atom stereocenters. The number of carbonyl (C=O) groups is 2. The monoisotopic (exact) mass is 440 g/mol. The first-order valence-electron chi connectivity index (χ1n) is 10.4. The van der Waals surface area contributed by atoms with E-state index in [-0.39, 0.29) is 36.9 Å². The number of fused-ring (bicyclic) bond motifs is 1. The smallest absolute Gasteiger partial charge is 0.257 e. The minimum absolute atomic E-state index is 0.0218. The van der Waals surface area contributed by atoms with Crippen LogP contribution in [-0.4, -0.2) is 53.6 Å². The molecule has 0 spiro atoms.